The van der Waals surface area contributed by atoms with E-state index in [1.165, 1.54) is 14.2 Å². The van der Waals surface area contributed by atoms with Crippen molar-refractivity contribution < 1.29 is 19.1 Å². The fourth-order valence-corrected chi connectivity index (χ4v) is 6.31. The van der Waals surface area contributed by atoms with E-state index in [9.17, 15) is 19.2 Å². The van der Waals surface area contributed by atoms with Crippen LogP contribution in [0.15, 0.2) is 111 Å². The number of nitrogens with zero attached hydrogens (tertiary/aromatic N) is 4. The summed E-state index contributed by atoms with van der Waals surface area (Å²) in [5.74, 6) is 0.977. The van der Waals surface area contributed by atoms with Crippen molar-refractivity contribution in [3.63, 3.8) is 0 Å². The Labute approximate surface area is 340 Å². The van der Waals surface area contributed by atoms with Gasteiger partial charge in [0.25, 0.3) is 11.1 Å². The van der Waals surface area contributed by atoms with Gasteiger partial charge in [-0.05, 0) is 111 Å². The number of halogens is 2. The number of ether oxygens (including phenoxy) is 2. The lowest BCUT2D eigenvalue weighted by Gasteiger charge is -2.14. The minimum atomic E-state index is -0.203. The second kappa shape index (κ2) is 22.9. The van der Waals surface area contributed by atoms with Crippen LogP contribution in [0.2, 0.25) is 0 Å². The molecular formula is C42H48BrClN6O6. The summed E-state index contributed by atoms with van der Waals surface area (Å²) in [6, 6.07) is 30.3. The third kappa shape index (κ3) is 12.1. The van der Waals surface area contributed by atoms with Gasteiger partial charge in [-0.2, -0.15) is 0 Å². The van der Waals surface area contributed by atoms with Gasteiger partial charge in [-0.1, -0.05) is 48.5 Å². The van der Waals surface area contributed by atoms with Gasteiger partial charge in [0.2, 0.25) is 0 Å². The van der Waals surface area contributed by atoms with Crippen LogP contribution in [0.5, 0.6) is 0 Å². The Kier molecular flexibility index (Phi) is 18.4. The normalized spacial score (nSPS) is 10.3. The van der Waals surface area contributed by atoms with Crippen LogP contribution in [0.4, 0.5) is 5.69 Å². The van der Waals surface area contributed by atoms with Crippen molar-refractivity contribution in [2.24, 2.45) is 5.73 Å². The van der Waals surface area contributed by atoms with E-state index in [1.807, 2.05) is 111 Å². The van der Waals surface area contributed by atoms with E-state index >= 15 is 0 Å². The Morgan fingerprint density at radius 1 is 0.661 bits per heavy atom. The molecule has 0 amide bonds. The summed E-state index contributed by atoms with van der Waals surface area (Å²) >= 11 is 3.43. The predicted molar refractivity (Wildman–Crippen MR) is 228 cm³/mol. The number of esters is 2. The minimum Gasteiger partial charge on any atom is -0.469 e. The molecule has 0 saturated carbocycles. The summed E-state index contributed by atoms with van der Waals surface area (Å²) in [5.41, 5.74) is 8.82. The van der Waals surface area contributed by atoms with E-state index in [1.54, 1.807) is 9.13 Å². The van der Waals surface area contributed by atoms with Crippen molar-refractivity contribution in [3.8, 4) is 11.4 Å². The number of carbonyl (C=O) groups is 2. The zero-order valence-corrected chi connectivity index (χ0v) is 34.4. The molecule has 0 atom stereocenters. The van der Waals surface area contributed by atoms with E-state index in [0.29, 0.717) is 59.4 Å². The van der Waals surface area contributed by atoms with Gasteiger partial charge in [-0.3, -0.25) is 28.3 Å². The molecule has 6 aromatic rings. The summed E-state index contributed by atoms with van der Waals surface area (Å²) < 4.78 is 13.1. The molecule has 0 aliphatic rings. The van der Waals surface area contributed by atoms with Crippen molar-refractivity contribution in [1.82, 2.24) is 19.1 Å². The molecule has 4 aromatic carbocycles. The highest BCUT2D eigenvalue weighted by Gasteiger charge is 2.14. The highest BCUT2D eigenvalue weighted by Crippen LogP contribution is 2.22. The van der Waals surface area contributed by atoms with E-state index in [4.69, 9.17) is 5.73 Å². The Morgan fingerprint density at radius 2 is 1.12 bits per heavy atom. The number of unbranched alkanes of at least 4 members (excludes halogenated alkanes) is 2. The summed E-state index contributed by atoms with van der Waals surface area (Å²) in [6.45, 7) is 4.99. The second-order valence-electron chi connectivity index (χ2n) is 12.4. The highest BCUT2D eigenvalue weighted by atomic mass is 79.9. The molecular weight excluding hydrogens is 800 g/mol. The first-order valence-electron chi connectivity index (χ1n) is 18.0. The Hall–Kier alpha value is -5.37. The number of anilines is 1. The number of benzene rings is 4. The molecule has 6 rings (SSSR count). The standard InChI is InChI=1S/C21H23N3O3.C15H11BrN2O.C6H13NO2.ClH/c1-15-23-18-12-8-11-17(22-14-7-6-13-19(25)27-2)20(18)21(26)24(15)16-9-4-3-5-10-16;1-10-17-13-9-5-8-12(16)14(13)15(19)18(10)11-6-3-2-4-7-11;1-9-6(8)4-2-3-5-7;/h3-5,8-12,22H,6-7,13-14H2,1-2H3;2-9H,1H3;2-5,7H2,1H3;1H. The summed E-state index contributed by atoms with van der Waals surface area (Å²) in [4.78, 5) is 56.6. The van der Waals surface area contributed by atoms with E-state index in [-0.39, 0.29) is 35.5 Å². The monoisotopic (exact) mass is 846 g/mol. The third-order valence-electron chi connectivity index (χ3n) is 8.52. The molecule has 0 aliphatic heterocycles. The minimum absolute atomic E-state index is 0. The molecule has 0 fully saturated rings. The molecule has 0 saturated heterocycles. The number of nitrogens with one attached hydrogen (secondary N) is 1. The Balaban J connectivity index is 0.000000252. The molecule has 0 unspecified atom stereocenters. The Bertz CT molecular complexity index is 2320. The van der Waals surface area contributed by atoms with Crippen LogP contribution in [-0.4, -0.2) is 58.3 Å². The topological polar surface area (TPSA) is 160 Å². The number of nitrogens with two attached hydrogens (primary N) is 1. The Morgan fingerprint density at radius 3 is 1.62 bits per heavy atom. The molecule has 3 N–H and O–H groups in total. The van der Waals surface area contributed by atoms with Crippen LogP contribution >= 0.6 is 28.3 Å². The molecule has 56 heavy (non-hydrogen) atoms. The number of hydrogen-bond donors (Lipinski definition) is 2. The summed E-state index contributed by atoms with van der Waals surface area (Å²) in [7, 11) is 2.79. The molecule has 0 spiro atoms. The lowest BCUT2D eigenvalue weighted by molar-refractivity contribution is -0.141. The van der Waals surface area contributed by atoms with Gasteiger partial charge in [-0.15, -0.1) is 12.4 Å². The van der Waals surface area contributed by atoms with Crippen molar-refractivity contribution in [1.29, 1.82) is 0 Å². The molecule has 296 valence electrons. The summed E-state index contributed by atoms with van der Waals surface area (Å²) in [5, 5.41) is 4.49. The number of rotatable bonds is 12. The molecule has 2 aromatic heterocycles. The number of para-hydroxylation sites is 2. The SMILES string of the molecule is COC(=O)CCCCN.COC(=O)CCCCNc1cccc2nc(C)n(-c3ccccc3)c(=O)c12.Cc1nc2cccc(Br)c2c(=O)n1-c1ccccc1.Cl. The molecule has 12 nitrogen and oxygen atoms in total. The van der Waals surface area contributed by atoms with E-state index < -0.39 is 0 Å². The van der Waals surface area contributed by atoms with Crippen LogP contribution in [0.1, 0.15) is 50.2 Å². The number of carbonyl (C=O) groups excluding carboxylic acids is 2. The van der Waals surface area contributed by atoms with Crippen LogP contribution in [0.3, 0.4) is 0 Å². The van der Waals surface area contributed by atoms with Crippen LogP contribution < -0.4 is 22.2 Å². The maximum absolute atomic E-state index is 13.2. The van der Waals surface area contributed by atoms with E-state index in [0.717, 1.165) is 47.2 Å². The third-order valence-corrected chi connectivity index (χ3v) is 9.18. The van der Waals surface area contributed by atoms with Gasteiger partial charge in [0, 0.05) is 29.5 Å². The quantitative estimate of drug-likeness (QED) is 0.0927. The maximum atomic E-state index is 13.2. The van der Waals surface area contributed by atoms with Gasteiger partial charge in [-0.25, -0.2) is 9.97 Å². The summed E-state index contributed by atoms with van der Waals surface area (Å²) in [6.07, 6.45) is 4.16. The van der Waals surface area contributed by atoms with Crippen LogP contribution in [0.25, 0.3) is 33.2 Å². The predicted octanol–water partition coefficient (Wildman–Crippen LogP) is 7.62. The first kappa shape index (κ1) is 45.0. The van der Waals surface area contributed by atoms with Gasteiger partial charge in [0.05, 0.1) is 47.4 Å². The maximum Gasteiger partial charge on any atom is 0.305 e. The van der Waals surface area contributed by atoms with Crippen LogP contribution in [-0.2, 0) is 19.1 Å². The first-order chi connectivity index (χ1) is 26.6. The van der Waals surface area contributed by atoms with Crippen molar-refractivity contribution in [2.45, 2.75) is 52.4 Å². The number of methoxy groups -OCH3 is 2. The van der Waals surface area contributed by atoms with Crippen molar-refractivity contribution in [2.75, 3.05) is 32.6 Å². The van der Waals surface area contributed by atoms with Crippen LogP contribution in [0, 0.1) is 13.8 Å². The molecule has 0 radical (unpaired) electrons. The van der Waals surface area contributed by atoms with Gasteiger partial charge in [0.15, 0.2) is 0 Å². The number of aromatic nitrogens is 4. The van der Waals surface area contributed by atoms with E-state index in [2.05, 4.69) is 40.7 Å². The fourth-order valence-electron chi connectivity index (χ4n) is 5.79. The van der Waals surface area contributed by atoms with Gasteiger partial charge in [0.1, 0.15) is 11.6 Å². The zero-order valence-electron chi connectivity index (χ0n) is 32.0. The number of aryl methyl sites for hydroxylation is 2. The lowest BCUT2D eigenvalue weighted by atomic mass is 10.1. The molecule has 0 aliphatic carbocycles. The molecule has 2 heterocycles. The van der Waals surface area contributed by atoms with Gasteiger partial charge >= 0.3 is 11.9 Å². The molecule has 0 bridgehead atoms. The average molecular weight is 848 g/mol. The number of hydrogen-bond acceptors (Lipinski definition) is 10. The van der Waals surface area contributed by atoms with Gasteiger partial charge < -0.3 is 20.5 Å². The lowest BCUT2D eigenvalue weighted by Crippen LogP contribution is -2.23. The average Bonchev–Trinajstić information content (AvgIpc) is 3.19. The molecule has 14 heteroatoms. The largest absolute Gasteiger partial charge is 0.469 e. The first-order valence-corrected chi connectivity index (χ1v) is 18.8. The van der Waals surface area contributed by atoms with Crippen molar-refractivity contribution in [3.05, 3.63) is 134 Å². The fraction of sp³-hybridized carbons (Fsp3) is 0.286. The number of fused-ring (bicyclic) bond motifs is 2. The zero-order chi connectivity index (χ0) is 39.7. The second-order valence-corrected chi connectivity index (χ2v) is 13.2. The smallest absolute Gasteiger partial charge is 0.305 e. The van der Waals surface area contributed by atoms with Crippen molar-refractivity contribution >= 4 is 67.8 Å². The highest BCUT2D eigenvalue weighted by molar-refractivity contribution is 9.10.